The first-order valence-electron chi connectivity index (χ1n) is 8.18. The number of anilines is 1. The Morgan fingerprint density at radius 2 is 2.11 bits per heavy atom. The van der Waals surface area contributed by atoms with Gasteiger partial charge < -0.3 is 9.15 Å². The number of methoxy groups -OCH3 is 1. The van der Waals surface area contributed by atoms with E-state index in [1.165, 1.54) is 11.3 Å². The number of benzene rings is 2. The molecule has 0 aliphatic heterocycles. The number of rotatable bonds is 5. The molecular formula is C20H15BrN2O3S. The number of amides is 1. The Kier molecular flexibility index (Phi) is 4.96. The zero-order valence-electron chi connectivity index (χ0n) is 14.4. The SMILES string of the molecule is COc1cccc(C(=O)N(Cc2ccco2)c2nc3ccc(Br)cc3s2)c1. The van der Waals surface area contributed by atoms with Gasteiger partial charge in [0.2, 0.25) is 0 Å². The molecule has 1 amide bonds. The summed E-state index contributed by atoms with van der Waals surface area (Å²) < 4.78 is 12.7. The van der Waals surface area contributed by atoms with Gasteiger partial charge in [0.25, 0.3) is 5.91 Å². The summed E-state index contributed by atoms with van der Waals surface area (Å²) in [5, 5.41) is 0.618. The average molecular weight is 443 g/mol. The van der Waals surface area contributed by atoms with Crippen LogP contribution < -0.4 is 9.64 Å². The van der Waals surface area contributed by atoms with Crippen molar-refractivity contribution >= 4 is 48.5 Å². The number of hydrogen-bond acceptors (Lipinski definition) is 5. The number of fused-ring (bicyclic) bond motifs is 1. The van der Waals surface area contributed by atoms with Crippen LogP contribution in [0.25, 0.3) is 10.2 Å². The summed E-state index contributed by atoms with van der Waals surface area (Å²) in [6.07, 6.45) is 1.60. The highest BCUT2D eigenvalue weighted by molar-refractivity contribution is 9.10. The first-order valence-corrected chi connectivity index (χ1v) is 9.79. The van der Waals surface area contributed by atoms with Gasteiger partial charge in [0, 0.05) is 10.0 Å². The first kappa shape index (κ1) is 17.8. The monoisotopic (exact) mass is 442 g/mol. The van der Waals surface area contributed by atoms with Crippen LogP contribution in [0, 0.1) is 0 Å². The number of halogens is 1. The molecule has 0 bridgehead atoms. The van der Waals surface area contributed by atoms with Crippen molar-refractivity contribution in [1.82, 2.24) is 4.98 Å². The van der Waals surface area contributed by atoms with Gasteiger partial charge >= 0.3 is 0 Å². The topological polar surface area (TPSA) is 55.6 Å². The minimum Gasteiger partial charge on any atom is -0.497 e. The summed E-state index contributed by atoms with van der Waals surface area (Å²) in [5.41, 5.74) is 1.38. The van der Waals surface area contributed by atoms with Gasteiger partial charge in [-0.25, -0.2) is 4.98 Å². The maximum absolute atomic E-state index is 13.3. The number of aromatic nitrogens is 1. The maximum atomic E-state index is 13.3. The lowest BCUT2D eigenvalue weighted by atomic mass is 10.2. The van der Waals surface area contributed by atoms with Crippen LogP contribution in [0.4, 0.5) is 5.13 Å². The standard InChI is InChI=1S/C20H15BrN2O3S/c1-25-15-5-2-4-13(10-15)19(24)23(12-16-6-3-9-26-16)20-22-17-8-7-14(21)11-18(17)27-20/h2-11H,12H2,1H3. The average Bonchev–Trinajstić information content (AvgIpc) is 3.34. The molecule has 0 spiro atoms. The fraction of sp³-hybridized carbons (Fsp3) is 0.100. The van der Waals surface area contributed by atoms with E-state index in [0.29, 0.717) is 28.7 Å². The van der Waals surface area contributed by atoms with E-state index < -0.39 is 0 Å². The van der Waals surface area contributed by atoms with Gasteiger partial charge in [0.15, 0.2) is 5.13 Å². The number of nitrogens with zero attached hydrogens (tertiary/aromatic N) is 2. The number of carbonyl (C=O) groups excluding carboxylic acids is 1. The van der Waals surface area contributed by atoms with Crippen LogP contribution in [0.5, 0.6) is 5.75 Å². The summed E-state index contributed by atoms with van der Waals surface area (Å²) in [5.74, 6) is 1.15. The Labute approximate surface area is 168 Å². The zero-order chi connectivity index (χ0) is 18.8. The molecule has 0 saturated carbocycles. The van der Waals surface area contributed by atoms with E-state index >= 15 is 0 Å². The second-order valence-electron chi connectivity index (χ2n) is 5.81. The van der Waals surface area contributed by atoms with Crippen molar-refractivity contribution < 1.29 is 13.9 Å². The Balaban J connectivity index is 1.76. The molecule has 0 aliphatic rings. The lowest BCUT2D eigenvalue weighted by Crippen LogP contribution is -2.30. The predicted molar refractivity (Wildman–Crippen MR) is 110 cm³/mol. The van der Waals surface area contributed by atoms with Gasteiger partial charge in [-0.15, -0.1) is 0 Å². The second-order valence-corrected chi connectivity index (χ2v) is 7.74. The van der Waals surface area contributed by atoms with Gasteiger partial charge in [-0.1, -0.05) is 33.3 Å². The number of ether oxygens (including phenoxy) is 1. The summed E-state index contributed by atoms with van der Waals surface area (Å²) in [4.78, 5) is 19.6. The van der Waals surface area contributed by atoms with Crippen molar-refractivity contribution in [3.8, 4) is 5.75 Å². The minimum absolute atomic E-state index is 0.163. The summed E-state index contributed by atoms with van der Waals surface area (Å²) in [6.45, 7) is 0.296. The molecule has 0 fully saturated rings. The molecule has 4 aromatic rings. The van der Waals surface area contributed by atoms with Crippen molar-refractivity contribution in [3.63, 3.8) is 0 Å². The quantitative estimate of drug-likeness (QED) is 0.408. The minimum atomic E-state index is -0.163. The number of thiazole rings is 1. The van der Waals surface area contributed by atoms with Gasteiger partial charge in [-0.3, -0.25) is 9.69 Å². The first-order chi connectivity index (χ1) is 13.1. The van der Waals surface area contributed by atoms with E-state index in [1.54, 1.807) is 42.5 Å². The van der Waals surface area contributed by atoms with Crippen LogP contribution in [0.3, 0.4) is 0 Å². The lowest BCUT2D eigenvalue weighted by molar-refractivity contribution is 0.0983. The number of hydrogen-bond donors (Lipinski definition) is 0. The van der Waals surface area contributed by atoms with Crippen LogP contribution in [0.1, 0.15) is 16.1 Å². The summed E-state index contributed by atoms with van der Waals surface area (Å²) in [7, 11) is 1.58. The van der Waals surface area contributed by atoms with Crippen molar-refractivity contribution in [2.24, 2.45) is 0 Å². The van der Waals surface area contributed by atoms with Crippen molar-refractivity contribution in [3.05, 3.63) is 76.7 Å². The van der Waals surface area contributed by atoms with E-state index in [9.17, 15) is 4.79 Å². The van der Waals surface area contributed by atoms with Gasteiger partial charge in [-0.05, 0) is 48.5 Å². The Morgan fingerprint density at radius 1 is 1.22 bits per heavy atom. The van der Waals surface area contributed by atoms with E-state index in [2.05, 4.69) is 20.9 Å². The van der Waals surface area contributed by atoms with E-state index in [4.69, 9.17) is 9.15 Å². The summed E-state index contributed by atoms with van der Waals surface area (Å²) >= 11 is 4.94. The van der Waals surface area contributed by atoms with Gasteiger partial charge in [0.1, 0.15) is 11.5 Å². The third kappa shape index (κ3) is 3.74. The third-order valence-corrected chi connectivity index (χ3v) is 5.56. The normalized spacial score (nSPS) is 10.9. The fourth-order valence-electron chi connectivity index (χ4n) is 2.70. The largest absolute Gasteiger partial charge is 0.497 e. The smallest absolute Gasteiger partial charge is 0.260 e. The summed E-state index contributed by atoms with van der Waals surface area (Å²) in [6, 6.07) is 16.6. The highest BCUT2D eigenvalue weighted by Gasteiger charge is 2.23. The Hall–Kier alpha value is -2.64. The zero-order valence-corrected chi connectivity index (χ0v) is 16.8. The van der Waals surface area contributed by atoms with Crippen LogP contribution in [-0.4, -0.2) is 18.0 Å². The Bertz CT molecular complexity index is 1090. The fourth-order valence-corrected chi connectivity index (χ4v) is 4.21. The lowest BCUT2D eigenvalue weighted by Gasteiger charge is -2.19. The molecule has 0 atom stereocenters. The van der Waals surface area contributed by atoms with E-state index in [-0.39, 0.29) is 5.91 Å². The van der Waals surface area contributed by atoms with Crippen LogP contribution in [-0.2, 0) is 6.54 Å². The molecule has 4 rings (SSSR count). The third-order valence-electron chi connectivity index (χ3n) is 4.03. The molecule has 0 unspecified atom stereocenters. The van der Waals surface area contributed by atoms with Crippen LogP contribution in [0.2, 0.25) is 0 Å². The van der Waals surface area contributed by atoms with Crippen molar-refractivity contribution in [2.75, 3.05) is 12.0 Å². The highest BCUT2D eigenvalue weighted by Crippen LogP contribution is 2.32. The van der Waals surface area contributed by atoms with Crippen molar-refractivity contribution in [1.29, 1.82) is 0 Å². The predicted octanol–water partition coefficient (Wildman–Crippen LogP) is 5.51. The van der Waals surface area contributed by atoms with Gasteiger partial charge in [-0.2, -0.15) is 0 Å². The Morgan fingerprint density at radius 3 is 2.89 bits per heavy atom. The molecule has 0 radical (unpaired) electrons. The van der Waals surface area contributed by atoms with Crippen LogP contribution in [0.15, 0.2) is 69.8 Å². The molecule has 2 aromatic carbocycles. The second kappa shape index (κ2) is 7.54. The molecule has 136 valence electrons. The highest BCUT2D eigenvalue weighted by atomic mass is 79.9. The van der Waals surface area contributed by atoms with Crippen LogP contribution >= 0.6 is 27.3 Å². The van der Waals surface area contributed by atoms with Gasteiger partial charge in [0.05, 0.1) is 30.1 Å². The number of carbonyl (C=O) groups is 1. The maximum Gasteiger partial charge on any atom is 0.260 e. The molecule has 2 heterocycles. The molecule has 0 aliphatic carbocycles. The molecule has 2 aromatic heterocycles. The molecule has 5 nitrogen and oxygen atoms in total. The molecular weight excluding hydrogens is 428 g/mol. The van der Waals surface area contributed by atoms with E-state index in [1.807, 2.05) is 30.3 Å². The van der Waals surface area contributed by atoms with E-state index in [0.717, 1.165) is 14.7 Å². The molecule has 7 heteroatoms. The molecule has 0 saturated heterocycles. The number of furan rings is 1. The van der Waals surface area contributed by atoms with Crippen molar-refractivity contribution in [2.45, 2.75) is 6.54 Å². The molecule has 0 N–H and O–H groups in total. The molecule has 27 heavy (non-hydrogen) atoms.